The van der Waals surface area contributed by atoms with E-state index in [-0.39, 0.29) is 11.3 Å². The van der Waals surface area contributed by atoms with Crippen molar-refractivity contribution < 1.29 is 4.79 Å². The molecule has 0 bridgehead atoms. The van der Waals surface area contributed by atoms with Crippen molar-refractivity contribution in [2.45, 2.75) is 72.7 Å². The minimum atomic E-state index is -0.112. The minimum Gasteiger partial charge on any atom is -0.346 e. The molecular formula is C31H45Cl2N7OS. The van der Waals surface area contributed by atoms with Crippen LogP contribution >= 0.6 is 34.5 Å². The van der Waals surface area contributed by atoms with Crippen LogP contribution < -0.4 is 4.90 Å². The fraction of sp³-hybridized carbons (Fsp3) is 0.548. The van der Waals surface area contributed by atoms with Crippen LogP contribution in [-0.2, 0) is 13.0 Å². The molecule has 3 aromatic rings. The Bertz CT molecular complexity index is 1310. The van der Waals surface area contributed by atoms with Crippen LogP contribution in [0, 0.1) is 11.3 Å². The summed E-state index contributed by atoms with van der Waals surface area (Å²) in [5.74, 6) is 0.212. The van der Waals surface area contributed by atoms with Gasteiger partial charge < -0.3 is 14.8 Å². The van der Waals surface area contributed by atoms with E-state index in [0.29, 0.717) is 35.9 Å². The monoisotopic (exact) mass is 633 g/mol. The molecule has 1 aromatic carbocycles. The summed E-state index contributed by atoms with van der Waals surface area (Å²) in [6, 6.07) is 7.70. The van der Waals surface area contributed by atoms with Crippen LogP contribution in [-0.4, -0.2) is 75.3 Å². The third-order valence-electron chi connectivity index (χ3n) is 6.49. The third kappa shape index (κ3) is 9.98. The maximum Gasteiger partial charge on any atom is 0.290 e. The Morgan fingerprint density at radius 1 is 1.17 bits per heavy atom. The molecule has 2 aliphatic heterocycles. The van der Waals surface area contributed by atoms with E-state index >= 15 is 0 Å². The SMILES string of the molecule is CC.CC.CC/C=C\C(C)Cl.N#CCCN1CCN(c2nc3c(s2)CN(C(=O)c2nc4c(Cl)cccc4[nH]2)CC3)CC1. The summed E-state index contributed by atoms with van der Waals surface area (Å²) in [6.07, 6.45) is 6.46. The number of carbonyl (C=O) groups excluding carboxylic acids is 1. The van der Waals surface area contributed by atoms with Crippen LogP contribution in [0.2, 0.25) is 5.02 Å². The van der Waals surface area contributed by atoms with Crippen molar-refractivity contribution in [1.82, 2.24) is 24.8 Å². The number of anilines is 1. The average molecular weight is 635 g/mol. The lowest BCUT2D eigenvalue weighted by atomic mass is 10.2. The molecule has 5 rings (SSSR count). The number of amides is 1. The second-order valence-electron chi connectivity index (χ2n) is 9.32. The number of nitriles is 1. The number of piperazine rings is 1. The topological polar surface area (TPSA) is 92.2 Å². The van der Waals surface area contributed by atoms with Gasteiger partial charge in [-0.05, 0) is 25.5 Å². The van der Waals surface area contributed by atoms with Gasteiger partial charge in [-0.25, -0.2) is 9.97 Å². The first kappa shape index (κ1) is 35.6. The molecule has 0 aliphatic carbocycles. The number of benzene rings is 1. The van der Waals surface area contributed by atoms with Crippen LogP contribution in [0.3, 0.4) is 0 Å². The Hall–Kier alpha value is -2.64. The number of fused-ring (bicyclic) bond motifs is 2. The van der Waals surface area contributed by atoms with Crippen molar-refractivity contribution >= 4 is 56.6 Å². The van der Waals surface area contributed by atoms with Crippen molar-refractivity contribution in [2.24, 2.45) is 0 Å². The van der Waals surface area contributed by atoms with E-state index in [4.69, 9.17) is 33.4 Å². The second-order valence-corrected chi connectivity index (χ2v) is 11.5. The number of aromatic amines is 1. The molecule has 1 unspecified atom stereocenters. The van der Waals surface area contributed by atoms with Gasteiger partial charge in [0.1, 0.15) is 5.52 Å². The molecule has 0 radical (unpaired) electrons. The predicted molar refractivity (Wildman–Crippen MR) is 178 cm³/mol. The molecule has 4 heterocycles. The largest absolute Gasteiger partial charge is 0.346 e. The standard InChI is InChI=1S/C21H22ClN7OS.C6H11Cl.2C2H6/c22-14-3-1-4-16-18(14)26-19(24-16)20(30)29-8-5-15-17(13-29)31-21(25-15)28-11-9-27(10-12-28)7-2-6-23;1-3-4-5-6(2)7;2*1-2/h1,3-4H,2,5,7-13H2,(H,24,26);4-6H,3H2,1-2H3;2*1-2H3/b;5-4-;;. The van der Waals surface area contributed by atoms with E-state index in [9.17, 15) is 4.79 Å². The number of halogens is 2. The molecule has 230 valence electrons. The van der Waals surface area contributed by atoms with Crippen LogP contribution in [0.1, 0.15) is 75.6 Å². The molecule has 1 amide bonds. The summed E-state index contributed by atoms with van der Waals surface area (Å²) in [5.41, 5.74) is 2.49. The zero-order valence-corrected chi connectivity index (χ0v) is 28.1. The van der Waals surface area contributed by atoms with Gasteiger partial charge in [0, 0.05) is 62.4 Å². The van der Waals surface area contributed by atoms with Gasteiger partial charge in [0.05, 0.1) is 28.8 Å². The van der Waals surface area contributed by atoms with Crippen LogP contribution in [0.5, 0.6) is 0 Å². The van der Waals surface area contributed by atoms with E-state index in [0.717, 1.165) is 66.8 Å². The zero-order valence-electron chi connectivity index (χ0n) is 25.8. The fourth-order valence-electron chi connectivity index (χ4n) is 4.43. The summed E-state index contributed by atoms with van der Waals surface area (Å²) < 4.78 is 0. The Kier molecular flexibility index (Phi) is 15.9. The lowest BCUT2D eigenvalue weighted by Crippen LogP contribution is -2.46. The molecule has 11 heteroatoms. The summed E-state index contributed by atoms with van der Waals surface area (Å²) in [7, 11) is 0. The number of para-hydroxylation sites is 1. The summed E-state index contributed by atoms with van der Waals surface area (Å²) in [4.78, 5) is 33.1. The smallest absolute Gasteiger partial charge is 0.290 e. The van der Waals surface area contributed by atoms with Gasteiger partial charge in [0.15, 0.2) is 11.0 Å². The molecule has 2 aliphatic rings. The number of carbonyl (C=O) groups is 1. The second kappa shape index (κ2) is 18.8. The number of hydrogen-bond acceptors (Lipinski definition) is 7. The Morgan fingerprint density at radius 3 is 2.48 bits per heavy atom. The molecule has 42 heavy (non-hydrogen) atoms. The highest BCUT2D eigenvalue weighted by atomic mass is 35.5. The van der Waals surface area contributed by atoms with Gasteiger partial charge in [-0.1, -0.05) is 75.8 Å². The maximum atomic E-state index is 13.1. The highest BCUT2D eigenvalue weighted by molar-refractivity contribution is 7.15. The van der Waals surface area contributed by atoms with Crippen molar-refractivity contribution in [1.29, 1.82) is 5.26 Å². The number of hydrogen-bond donors (Lipinski definition) is 1. The fourth-order valence-corrected chi connectivity index (χ4v) is 5.93. The molecule has 1 saturated heterocycles. The van der Waals surface area contributed by atoms with Gasteiger partial charge in [0.2, 0.25) is 0 Å². The number of allylic oxidation sites excluding steroid dienone is 2. The number of aromatic nitrogens is 3. The van der Waals surface area contributed by atoms with E-state index in [1.807, 2.05) is 57.7 Å². The summed E-state index contributed by atoms with van der Waals surface area (Å²) >= 11 is 13.5. The van der Waals surface area contributed by atoms with Gasteiger partial charge in [-0.2, -0.15) is 5.26 Å². The Labute approximate surface area is 265 Å². The molecule has 1 atom stereocenters. The first-order valence-electron chi connectivity index (χ1n) is 15.0. The molecule has 8 nitrogen and oxygen atoms in total. The van der Waals surface area contributed by atoms with E-state index in [1.54, 1.807) is 17.4 Å². The quantitative estimate of drug-likeness (QED) is 0.223. The highest BCUT2D eigenvalue weighted by Crippen LogP contribution is 2.32. The van der Waals surface area contributed by atoms with E-state index in [1.165, 1.54) is 0 Å². The number of H-pyrrole nitrogens is 1. The molecule has 0 spiro atoms. The van der Waals surface area contributed by atoms with Crippen LogP contribution in [0.15, 0.2) is 30.4 Å². The normalized spacial score (nSPS) is 15.4. The number of rotatable bonds is 6. The molecule has 1 N–H and O–H groups in total. The van der Waals surface area contributed by atoms with Crippen LogP contribution in [0.25, 0.3) is 11.0 Å². The van der Waals surface area contributed by atoms with Gasteiger partial charge in [-0.3, -0.25) is 9.69 Å². The lowest BCUT2D eigenvalue weighted by molar-refractivity contribution is 0.0725. The number of alkyl halides is 1. The van der Waals surface area contributed by atoms with Crippen molar-refractivity contribution in [3.8, 4) is 6.07 Å². The first-order chi connectivity index (χ1) is 20.4. The van der Waals surface area contributed by atoms with Crippen LogP contribution in [0.4, 0.5) is 5.13 Å². The van der Waals surface area contributed by atoms with Gasteiger partial charge in [-0.15, -0.1) is 11.6 Å². The molecular weight excluding hydrogens is 589 g/mol. The minimum absolute atomic E-state index is 0.112. The molecule has 1 fully saturated rings. The number of imidazole rings is 1. The number of nitrogens with zero attached hydrogens (tertiary/aromatic N) is 6. The van der Waals surface area contributed by atoms with Gasteiger partial charge >= 0.3 is 0 Å². The average Bonchev–Trinajstić information content (AvgIpc) is 3.66. The third-order valence-corrected chi connectivity index (χ3v) is 8.09. The number of nitrogens with one attached hydrogen (secondary N) is 1. The van der Waals surface area contributed by atoms with Crippen molar-refractivity contribution in [3.05, 3.63) is 51.8 Å². The Balaban J connectivity index is 0.000000488. The number of thiazole rings is 1. The lowest BCUT2D eigenvalue weighted by Gasteiger charge is -2.34. The highest BCUT2D eigenvalue weighted by Gasteiger charge is 2.28. The first-order valence-corrected chi connectivity index (χ1v) is 16.6. The zero-order chi connectivity index (χ0) is 31.1. The van der Waals surface area contributed by atoms with Gasteiger partial charge in [0.25, 0.3) is 5.91 Å². The molecule has 0 saturated carbocycles. The predicted octanol–water partition coefficient (Wildman–Crippen LogP) is 7.54. The van der Waals surface area contributed by atoms with E-state index in [2.05, 4.69) is 38.8 Å². The van der Waals surface area contributed by atoms with Crippen molar-refractivity contribution in [3.63, 3.8) is 0 Å². The van der Waals surface area contributed by atoms with E-state index < -0.39 is 0 Å². The van der Waals surface area contributed by atoms with Crippen molar-refractivity contribution in [2.75, 3.05) is 44.2 Å². The molecule has 2 aromatic heterocycles. The summed E-state index contributed by atoms with van der Waals surface area (Å²) in [5, 5.41) is 10.5. The summed E-state index contributed by atoms with van der Waals surface area (Å²) in [6.45, 7) is 17.8. The maximum absolute atomic E-state index is 13.1. The Morgan fingerprint density at radius 2 is 1.88 bits per heavy atom.